The second kappa shape index (κ2) is 5.95. The second-order valence-corrected chi connectivity index (χ2v) is 4.69. The Labute approximate surface area is 115 Å². The van der Waals surface area contributed by atoms with Crippen LogP contribution in [0.3, 0.4) is 0 Å². The van der Waals surface area contributed by atoms with E-state index in [-0.39, 0.29) is 5.76 Å². The first-order chi connectivity index (χ1) is 9.17. The van der Waals surface area contributed by atoms with Crippen molar-refractivity contribution < 1.29 is 19.1 Å². The highest BCUT2D eigenvalue weighted by atomic mass is 32.2. The third-order valence-electron chi connectivity index (χ3n) is 2.72. The lowest BCUT2D eigenvalue weighted by molar-refractivity contribution is 0.0558. The summed E-state index contributed by atoms with van der Waals surface area (Å²) < 4.78 is 9.88. The van der Waals surface area contributed by atoms with Crippen LogP contribution in [0.25, 0.3) is 0 Å². The van der Waals surface area contributed by atoms with Gasteiger partial charge in [0.25, 0.3) is 0 Å². The highest BCUT2D eigenvalue weighted by Crippen LogP contribution is 2.30. The number of hydrogen-bond acceptors (Lipinski definition) is 5. The highest BCUT2D eigenvalue weighted by molar-refractivity contribution is 7.98. The first-order valence-corrected chi connectivity index (χ1v) is 6.89. The Morgan fingerprint density at radius 2 is 2.05 bits per heavy atom. The molecule has 0 radical (unpaired) electrons. The molecule has 2 aromatic rings. The van der Waals surface area contributed by atoms with Gasteiger partial charge in [0.1, 0.15) is 11.9 Å². The van der Waals surface area contributed by atoms with Gasteiger partial charge in [-0.15, -0.1) is 11.8 Å². The van der Waals surface area contributed by atoms with Crippen LogP contribution in [0.1, 0.15) is 28.0 Å². The van der Waals surface area contributed by atoms with Crippen molar-refractivity contribution >= 4 is 17.7 Å². The van der Waals surface area contributed by atoms with Crippen molar-refractivity contribution in [3.8, 4) is 0 Å². The van der Waals surface area contributed by atoms with Crippen molar-refractivity contribution in [2.45, 2.75) is 11.0 Å². The molecule has 0 aliphatic heterocycles. The van der Waals surface area contributed by atoms with Crippen LogP contribution in [0.2, 0.25) is 0 Å². The number of thioether (sulfide) groups is 1. The number of aliphatic hydroxyl groups excluding tert-OH is 1. The maximum atomic E-state index is 11.3. The van der Waals surface area contributed by atoms with Gasteiger partial charge in [0.2, 0.25) is 5.76 Å². The zero-order valence-electron chi connectivity index (χ0n) is 10.6. The van der Waals surface area contributed by atoms with E-state index in [9.17, 15) is 9.90 Å². The molecule has 0 spiro atoms. The third kappa shape index (κ3) is 2.83. The van der Waals surface area contributed by atoms with Gasteiger partial charge >= 0.3 is 5.97 Å². The Balaban J connectivity index is 2.31. The summed E-state index contributed by atoms with van der Waals surface area (Å²) >= 11 is 1.54. The fraction of sp³-hybridized carbons (Fsp3) is 0.214. The van der Waals surface area contributed by atoms with E-state index in [0.717, 1.165) is 10.5 Å². The molecule has 1 heterocycles. The summed E-state index contributed by atoms with van der Waals surface area (Å²) in [6.45, 7) is 0. The molecule has 0 bridgehead atoms. The second-order valence-electron chi connectivity index (χ2n) is 3.84. The third-order valence-corrected chi connectivity index (χ3v) is 3.53. The van der Waals surface area contributed by atoms with Gasteiger partial charge in [-0.3, -0.25) is 0 Å². The molecule has 19 heavy (non-hydrogen) atoms. The number of ether oxygens (including phenoxy) is 1. The van der Waals surface area contributed by atoms with Crippen LogP contribution in [0.15, 0.2) is 45.7 Å². The average Bonchev–Trinajstić information content (AvgIpc) is 2.95. The molecule has 1 N–H and O–H groups in total. The van der Waals surface area contributed by atoms with Crippen LogP contribution in [-0.4, -0.2) is 24.4 Å². The molecule has 0 amide bonds. The number of carbonyl (C=O) groups excluding carboxylic acids is 1. The van der Waals surface area contributed by atoms with E-state index in [1.165, 1.54) is 13.2 Å². The minimum absolute atomic E-state index is 0.0817. The number of hydrogen-bond donors (Lipinski definition) is 1. The summed E-state index contributed by atoms with van der Waals surface area (Å²) in [5.41, 5.74) is 0.751. The molecule has 0 saturated heterocycles. The van der Waals surface area contributed by atoms with Gasteiger partial charge in [-0.2, -0.15) is 0 Å². The van der Waals surface area contributed by atoms with Crippen molar-refractivity contribution in [2.24, 2.45) is 0 Å². The molecule has 0 fully saturated rings. The Bertz CT molecular complexity index is 576. The van der Waals surface area contributed by atoms with Crippen LogP contribution < -0.4 is 0 Å². The molecule has 0 aliphatic rings. The average molecular weight is 278 g/mol. The monoisotopic (exact) mass is 278 g/mol. The molecular formula is C14H14O4S. The van der Waals surface area contributed by atoms with E-state index in [1.807, 2.05) is 30.5 Å². The molecule has 1 unspecified atom stereocenters. The summed E-state index contributed by atoms with van der Waals surface area (Å²) in [5.74, 6) is -0.156. The fourth-order valence-corrected chi connectivity index (χ4v) is 2.39. The molecule has 5 heteroatoms. The molecule has 0 saturated carbocycles. The Morgan fingerprint density at radius 3 is 2.74 bits per heavy atom. The Kier molecular flexibility index (Phi) is 4.29. The maximum absolute atomic E-state index is 11.3. The van der Waals surface area contributed by atoms with Crippen LogP contribution >= 0.6 is 11.8 Å². The molecule has 1 aromatic carbocycles. The predicted molar refractivity (Wildman–Crippen MR) is 72.3 cm³/mol. The standard InChI is InChI=1S/C14H14O4S/c1-17-14(16)11-8-7-10(18-11)13(15)9-5-3-4-6-12(9)19-2/h3-8,13,15H,1-2H3. The predicted octanol–water partition coefficient (Wildman–Crippen LogP) is 2.87. The summed E-state index contributed by atoms with van der Waals surface area (Å²) in [7, 11) is 1.28. The molecule has 0 aliphatic carbocycles. The summed E-state index contributed by atoms with van der Waals surface area (Å²) in [4.78, 5) is 12.3. The van der Waals surface area contributed by atoms with Gasteiger partial charge in [-0.05, 0) is 24.5 Å². The summed E-state index contributed by atoms with van der Waals surface area (Å²) in [6, 6.07) is 10.6. The lowest BCUT2D eigenvalue weighted by atomic mass is 10.1. The molecule has 1 atom stereocenters. The van der Waals surface area contributed by atoms with Gasteiger partial charge in [-0.1, -0.05) is 18.2 Å². The minimum atomic E-state index is -0.901. The van der Waals surface area contributed by atoms with Crippen molar-refractivity contribution in [1.82, 2.24) is 0 Å². The van der Waals surface area contributed by atoms with Gasteiger partial charge in [-0.25, -0.2) is 4.79 Å². The largest absolute Gasteiger partial charge is 0.463 e. The number of esters is 1. The topological polar surface area (TPSA) is 59.7 Å². The molecule has 100 valence electrons. The number of aliphatic hydroxyl groups is 1. The van der Waals surface area contributed by atoms with E-state index in [1.54, 1.807) is 17.8 Å². The smallest absolute Gasteiger partial charge is 0.373 e. The lowest BCUT2D eigenvalue weighted by Crippen LogP contribution is -2.01. The van der Waals surface area contributed by atoms with Gasteiger partial charge < -0.3 is 14.3 Å². The van der Waals surface area contributed by atoms with Gasteiger partial charge in [0, 0.05) is 10.5 Å². The first-order valence-electron chi connectivity index (χ1n) is 5.66. The normalized spacial score (nSPS) is 12.2. The summed E-state index contributed by atoms with van der Waals surface area (Å²) in [5, 5.41) is 10.3. The van der Waals surface area contributed by atoms with Gasteiger partial charge in [0.05, 0.1) is 7.11 Å². The molecular weight excluding hydrogens is 264 g/mol. The van der Waals surface area contributed by atoms with Crippen molar-refractivity contribution in [1.29, 1.82) is 0 Å². The maximum Gasteiger partial charge on any atom is 0.373 e. The van der Waals surface area contributed by atoms with Crippen molar-refractivity contribution in [3.63, 3.8) is 0 Å². The molecule has 4 nitrogen and oxygen atoms in total. The lowest BCUT2D eigenvalue weighted by Gasteiger charge is -2.12. The molecule has 1 aromatic heterocycles. The van der Waals surface area contributed by atoms with E-state index in [2.05, 4.69) is 4.74 Å². The van der Waals surface area contributed by atoms with Gasteiger partial charge in [0.15, 0.2) is 0 Å². The number of methoxy groups -OCH3 is 1. The number of benzene rings is 1. The zero-order chi connectivity index (χ0) is 13.8. The quantitative estimate of drug-likeness (QED) is 0.688. The van der Waals surface area contributed by atoms with Crippen LogP contribution in [-0.2, 0) is 4.74 Å². The van der Waals surface area contributed by atoms with Crippen molar-refractivity contribution in [3.05, 3.63) is 53.5 Å². The van der Waals surface area contributed by atoms with E-state index < -0.39 is 12.1 Å². The first kappa shape index (κ1) is 13.7. The van der Waals surface area contributed by atoms with Crippen LogP contribution in [0, 0.1) is 0 Å². The number of furan rings is 1. The van der Waals surface area contributed by atoms with Crippen molar-refractivity contribution in [2.75, 3.05) is 13.4 Å². The van der Waals surface area contributed by atoms with E-state index >= 15 is 0 Å². The summed E-state index contributed by atoms with van der Waals surface area (Å²) in [6.07, 6.45) is 1.04. The number of carbonyl (C=O) groups is 1. The van der Waals surface area contributed by atoms with Crippen LogP contribution in [0.5, 0.6) is 0 Å². The SMILES string of the molecule is COC(=O)c1ccc(C(O)c2ccccc2SC)o1. The zero-order valence-corrected chi connectivity index (χ0v) is 11.4. The Hall–Kier alpha value is -1.72. The number of rotatable bonds is 4. The van der Waals surface area contributed by atoms with E-state index in [4.69, 9.17) is 4.42 Å². The fourth-order valence-electron chi connectivity index (χ4n) is 1.76. The van der Waals surface area contributed by atoms with Crippen LogP contribution in [0.4, 0.5) is 0 Å². The molecule has 2 rings (SSSR count). The minimum Gasteiger partial charge on any atom is -0.463 e. The highest BCUT2D eigenvalue weighted by Gasteiger charge is 2.20. The van der Waals surface area contributed by atoms with E-state index in [0.29, 0.717) is 5.76 Å². The Morgan fingerprint density at radius 1 is 1.32 bits per heavy atom.